The second-order valence-corrected chi connectivity index (χ2v) is 5.12. The van der Waals surface area contributed by atoms with Crippen LogP contribution in [0.5, 0.6) is 0 Å². The zero-order chi connectivity index (χ0) is 14.5. The van der Waals surface area contributed by atoms with Crippen LogP contribution in [0.4, 0.5) is 0 Å². The Morgan fingerprint density at radius 1 is 1.45 bits per heavy atom. The van der Waals surface area contributed by atoms with Crippen LogP contribution in [0.1, 0.15) is 19.5 Å². The van der Waals surface area contributed by atoms with Crippen molar-refractivity contribution in [1.29, 1.82) is 0 Å². The lowest BCUT2D eigenvalue weighted by Crippen LogP contribution is -2.32. The van der Waals surface area contributed by atoms with Crippen molar-refractivity contribution in [2.24, 2.45) is 5.92 Å². The molecule has 0 bridgehead atoms. The maximum Gasteiger partial charge on any atom is 0.317 e. The molecule has 0 radical (unpaired) electrons. The van der Waals surface area contributed by atoms with Crippen LogP contribution in [0.15, 0.2) is 33.4 Å². The van der Waals surface area contributed by atoms with E-state index in [2.05, 4.69) is 5.16 Å². The third kappa shape index (κ3) is 3.96. The molecule has 0 aliphatic carbocycles. The quantitative estimate of drug-likeness (QED) is 0.838. The van der Waals surface area contributed by atoms with E-state index in [0.717, 1.165) is 0 Å². The first-order valence-corrected chi connectivity index (χ1v) is 6.48. The minimum atomic E-state index is -0.847. The Balaban J connectivity index is 2.04. The van der Waals surface area contributed by atoms with Crippen LogP contribution >= 0.6 is 0 Å². The number of carbonyl (C=O) groups is 1. The van der Waals surface area contributed by atoms with Crippen LogP contribution in [0.2, 0.25) is 0 Å². The van der Waals surface area contributed by atoms with Crippen LogP contribution in [0.25, 0.3) is 11.5 Å². The molecule has 0 aliphatic rings. The summed E-state index contributed by atoms with van der Waals surface area (Å²) >= 11 is 0. The topological polar surface area (TPSA) is 79.7 Å². The van der Waals surface area contributed by atoms with Crippen molar-refractivity contribution in [1.82, 2.24) is 10.1 Å². The van der Waals surface area contributed by atoms with Gasteiger partial charge in [0.05, 0.1) is 18.5 Å². The Hall–Kier alpha value is -2.08. The van der Waals surface area contributed by atoms with Crippen molar-refractivity contribution < 1.29 is 18.8 Å². The van der Waals surface area contributed by atoms with Gasteiger partial charge >= 0.3 is 5.97 Å². The van der Waals surface area contributed by atoms with Gasteiger partial charge in [-0.2, -0.15) is 0 Å². The zero-order valence-corrected chi connectivity index (χ0v) is 11.6. The van der Waals surface area contributed by atoms with Crippen molar-refractivity contribution in [3.05, 3.63) is 30.2 Å². The molecular weight excluding hydrogens is 260 g/mol. The summed E-state index contributed by atoms with van der Waals surface area (Å²) < 4.78 is 10.4. The number of hydrogen-bond donors (Lipinski definition) is 1. The third-order valence-electron chi connectivity index (χ3n) is 2.69. The first kappa shape index (κ1) is 14.3. The molecule has 2 aromatic rings. The summed E-state index contributed by atoms with van der Waals surface area (Å²) in [5, 5.41) is 12.9. The largest absolute Gasteiger partial charge is 0.480 e. The van der Waals surface area contributed by atoms with Gasteiger partial charge in [0.1, 0.15) is 0 Å². The summed E-state index contributed by atoms with van der Waals surface area (Å²) in [6.07, 6.45) is 1.56. The molecule has 20 heavy (non-hydrogen) atoms. The van der Waals surface area contributed by atoms with Crippen molar-refractivity contribution in [3.8, 4) is 11.5 Å². The predicted octanol–water partition coefficient (Wildman–Crippen LogP) is 2.48. The van der Waals surface area contributed by atoms with Crippen LogP contribution in [-0.4, -0.2) is 34.2 Å². The zero-order valence-electron chi connectivity index (χ0n) is 11.6. The summed E-state index contributed by atoms with van der Waals surface area (Å²) in [5.74, 6) is 0.688. The Labute approximate surface area is 117 Å². The fraction of sp³-hybridized carbons (Fsp3) is 0.429. The second kappa shape index (κ2) is 6.38. The van der Waals surface area contributed by atoms with E-state index in [9.17, 15) is 4.79 Å². The number of carboxylic acids is 1. The van der Waals surface area contributed by atoms with Crippen LogP contribution < -0.4 is 0 Å². The van der Waals surface area contributed by atoms with Gasteiger partial charge in [0.25, 0.3) is 0 Å². The van der Waals surface area contributed by atoms with Gasteiger partial charge in [-0.1, -0.05) is 19.0 Å². The number of furan rings is 1. The van der Waals surface area contributed by atoms with Crippen molar-refractivity contribution in [2.75, 3.05) is 13.1 Å². The third-order valence-corrected chi connectivity index (χ3v) is 2.69. The number of aliphatic carboxylic acids is 1. The average Bonchev–Trinajstić information content (AvgIpc) is 2.95. The number of carboxylic acid groups (broad SMARTS) is 1. The summed E-state index contributed by atoms with van der Waals surface area (Å²) in [4.78, 5) is 12.7. The summed E-state index contributed by atoms with van der Waals surface area (Å²) in [7, 11) is 0. The van der Waals surface area contributed by atoms with Gasteiger partial charge in [0.2, 0.25) is 5.76 Å². The lowest BCUT2D eigenvalue weighted by Gasteiger charge is -2.20. The van der Waals surface area contributed by atoms with E-state index in [-0.39, 0.29) is 6.54 Å². The highest BCUT2D eigenvalue weighted by Crippen LogP contribution is 2.21. The standard InChI is InChI=1S/C14H18N2O4/c1-10(2)7-16(9-14(17)18)8-11-6-13(20-15-11)12-4-3-5-19-12/h3-6,10H,7-9H2,1-2H3,(H,17,18). The number of rotatable bonds is 7. The highest BCUT2D eigenvalue weighted by Gasteiger charge is 2.15. The van der Waals surface area contributed by atoms with Crippen LogP contribution in [0, 0.1) is 5.92 Å². The molecule has 2 heterocycles. The Morgan fingerprint density at radius 2 is 2.25 bits per heavy atom. The van der Waals surface area contributed by atoms with Gasteiger partial charge in [0, 0.05) is 19.2 Å². The van der Waals surface area contributed by atoms with Gasteiger partial charge in [0.15, 0.2) is 5.76 Å². The molecular formula is C14H18N2O4. The minimum absolute atomic E-state index is 0.0128. The SMILES string of the molecule is CC(C)CN(CC(=O)O)Cc1cc(-c2ccco2)on1. The lowest BCUT2D eigenvalue weighted by atomic mass is 10.2. The van der Waals surface area contributed by atoms with E-state index in [4.69, 9.17) is 14.0 Å². The molecule has 1 N–H and O–H groups in total. The highest BCUT2D eigenvalue weighted by atomic mass is 16.5. The number of nitrogens with zero attached hydrogens (tertiary/aromatic N) is 2. The molecule has 0 saturated heterocycles. The highest BCUT2D eigenvalue weighted by molar-refractivity contribution is 5.69. The maximum atomic E-state index is 10.9. The molecule has 0 unspecified atom stereocenters. The second-order valence-electron chi connectivity index (χ2n) is 5.12. The molecule has 0 spiro atoms. The summed E-state index contributed by atoms with van der Waals surface area (Å²) in [6.45, 7) is 5.21. The van der Waals surface area contributed by atoms with E-state index in [1.54, 1.807) is 24.5 Å². The molecule has 0 fully saturated rings. The molecule has 108 valence electrons. The van der Waals surface area contributed by atoms with Gasteiger partial charge in [-0.15, -0.1) is 0 Å². The molecule has 6 heteroatoms. The Kier molecular flexibility index (Phi) is 4.57. The molecule has 0 aromatic carbocycles. The Morgan fingerprint density at radius 3 is 2.85 bits per heavy atom. The van der Waals surface area contributed by atoms with Gasteiger partial charge in [-0.3, -0.25) is 9.69 Å². The molecule has 0 aliphatic heterocycles. The van der Waals surface area contributed by atoms with E-state index in [1.807, 2.05) is 18.7 Å². The predicted molar refractivity (Wildman–Crippen MR) is 72.0 cm³/mol. The molecule has 6 nitrogen and oxygen atoms in total. The van der Waals surface area contributed by atoms with E-state index < -0.39 is 5.97 Å². The molecule has 0 atom stereocenters. The maximum absolute atomic E-state index is 10.9. The smallest absolute Gasteiger partial charge is 0.317 e. The molecule has 2 aromatic heterocycles. The van der Waals surface area contributed by atoms with Crippen molar-refractivity contribution in [2.45, 2.75) is 20.4 Å². The number of hydrogen-bond acceptors (Lipinski definition) is 5. The first-order valence-electron chi connectivity index (χ1n) is 6.48. The van der Waals surface area contributed by atoms with Gasteiger partial charge < -0.3 is 14.0 Å². The average molecular weight is 278 g/mol. The molecule has 0 amide bonds. The lowest BCUT2D eigenvalue weighted by molar-refractivity contribution is -0.138. The van der Waals surface area contributed by atoms with E-state index in [1.165, 1.54) is 0 Å². The van der Waals surface area contributed by atoms with Crippen LogP contribution in [0.3, 0.4) is 0 Å². The fourth-order valence-corrected chi connectivity index (χ4v) is 2.04. The monoisotopic (exact) mass is 278 g/mol. The summed E-state index contributed by atoms with van der Waals surface area (Å²) in [5.41, 5.74) is 0.693. The normalized spacial score (nSPS) is 11.4. The van der Waals surface area contributed by atoms with E-state index in [0.29, 0.717) is 36.2 Å². The van der Waals surface area contributed by atoms with Crippen LogP contribution in [-0.2, 0) is 11.3 Å². The molecule has 2 rings (SSSR count). The Bertz CT molecular complexity index is 545. The molecule has 0 saturated carbocycles. The fourth-order valence-electron chi connectivity index (χ4n) is 2.04. The van der Waals surface area contributed by atoms with Crippen molar-refractivity contribution >= 4 is 5.97 Å². The van der Waals surface area contributed by atoms with Crippen molar-refractivity contribution in [3.63, 3.8) is 0 Å². The first-order chi connectivity index (χ1) is 9.54. The van der Waals surface area contributed by atoms with Gasteiger partial charge in [-0.05, 0) is 18.1 Å². The van der Waals surface area contributed by atoms with E-state index >= 15 is 0 Å². The minimum Gasteiger partial charge on any atom is -0.480 e. The van der Waals surface area contributed by atoms with Gasteiger partial charge in [-0.25, -0.2) is 0 Å². The summed E-state index contributed by atoms with van der Waals surface area (Å²) in [6, 6.07) is 5.33. The number of aromatic nitrogens is 1.